The molecule has 0 aliphatic carbocycles. The fraction of sp³-hybridized carbons (Fsp3) is 0.300. The predicted molar refractivity (Wildman–Crippen MR) is 112 cm³/mol. The number of thioether (sulfide) groups is 1. The van der Waals surface area contributed by atoms with E-state index in [0.717, 1.165) is 30.7 Å². The third-order valence-corrected chi connectivity index (χ3v) is 5.39. The van der Waals surface area contributed by atoms with Gasteiger partial charge in [-0.15, -0.1) is 0 Å². The van der Waals surface area contributed by atoms with Gasteiger partial charge in [0.1, 0.15) is 18.1 Å². The molecule has 0 bridgehead atoms. The molecule has 0 unspecified atom stereocenters. The molecule has 2 heterocycles. The first-order valence-electron chi connectivity index (χ1n) is 9.00. The fourth-order valence-electron chi connectivity index (χ4n) is 2.73. The summed E-state index contributed by atoms with van der Waals surface area (Å²) in [5, 5.41) is 0.303. The maximum absolute atomic E-state index is 12.6. The number of nitrogens with zero attached hydrogens (tertiary/aromatic N) is 2. The third kappa shape index (κ3) is 4.72. The van der Waals surface area contributed by atoms with Crippen molar-refractivity contribution in [1.82, 2.24) is 4.90 Å². The maximum atomic E-state index is 12.6. The molecule has 1 aliphatic rings. The van der Waals surface area contributed by atoms with Crippen molar-refractivity contribution in [2.45, 2.75) is 13.8 Å². The number of ether oxygens (including phenoxy) is 1. The second-order valence-corrected chi connectivity index (χ2v) is 7.41. The zero-order valence-corrected chi connectivity index (χ0v) is 17.3. The van der Waals surface area contributed by atoms with Crippen molar-refractivity contribution >= 4 is 46.5 Å². The van der Waals surface area contributed by atoms with Gasteiger partial charge in [0.2, 0.25) is 0 Å². The molecule has 0 spiro atoms. The van der Waals surface area contributed by atoms with Crippen LogP contribution < -0.4 is 9.64 Å². The lowest BCUT2D eigenvalue weighted by molar-refractivity contribution is -0.123. The number of halogens is 1. The van der Waals surface area contributed by atoms with Gasteiger partial charge in [-0.3, -0.25) is 14.5 Å². The molecule has 2 aromatic rings. The van der Waals surface area contributed by atoms with Crippen LogP contribution in [0.4, 0.5) is 10.7 Å². The standard InChI is InChI=1S/C20H21ClN2O4S/c1-3-22(4-2)18-10-9-16(27-18)13-17-19(24)23(20(25)28-17)11-12-26-15-7-5-14(21)6-8-15/h5-10,13H,3-4,11-12H2,1-2H3/b17-13-. The smallest absolute Gasteiger partial charge is 0.293 e. The molecule has 148 valence electrons. The zero-order valence-electron chi connectivity index (χ0n) is 15.7. The van der Waals surface area contributed by atoms with E-state index < -0.39 is 0 Å². The van der Waals surface area contributed by atoms with Crippen LogP contribution in [0.1, 0.15) is 19.6 Å². The minimum absolute atomic E-state index is 0.174. The highest BCUT2D eigenvalue weighted by atomic mass is 35.5. The summed E-state index contributed by atoms with van der Waals surface area (Å²) in [4.78, 5) is 28.3. The van der Waals surface area contributed by atoms with E-state index in [9.17, 15) is 9.59 Å². The van der Waals surface area contributed by atoms with E-state index in [1.165, 1.54) is 4.90 Å². The highest BCUT2D eigenvalue weighted by Gasteiger charge is 2.35. The van der Waals surface area contributed by atoms with Crippen LogP contribution in [0.25, 0.3) is 6.08 Å². The van der Waals surface area contributed by atoms with Crippen LogP contribution in [-0.2, 0) is 4.79 Å². The molecule has 2 amide bonds. The van der Waals surface area contributed by atoms with Crippen molar-refractivity contribution in [3.8, 4) is 5.75 Å². The summed E-state index contributed by atoms with van der Waals surface area (Å²) in [7, 11) is 0. The van der Waals surface area contributed by atoms with Crippen LogP contribution in [0, 0.1) is 0 Å². The number of anilines is 1. The van der Waals surface area contributed by atoms with E-state index in [0.29, 0.717) is 21.4 Å². The van der Waals surface area contributed by atoms with Gasteiger partial charge in [0.05, 0.1) is 11.4 Å². The van der Waals surface area contributed by atoms with Crippen molar-refractivity contribution in [3.05, 3.63) is 52.1 Å². The van der Waals surface area contributed by atoms with Gasteiger partial charge in [-0.1, -0.05) is 11.6 Å². The van der Waals surface area contributed by atoms with E-state index in [4.69, 9.17) is 20.8 Å². The number of rotatable bonds is 8. The first kappa shape index (κ1) is 20.4. The quantitative estimate of drug-likeness (QED) is 0.566. The zero-order chi connectivity index (χ0) is 20.1. The van der Waals surface area contributed by atoms with Gasteiger partial charge in [0, 0.05) is 30.3 Å². The topological polar surface area (TPSA) is 63.0 Å². The number of carbonyl (C=O) groups excluding carboxylic acids is 2. The SMILES string of the molecule is CCN(CC)c1ccc(/C=C2\SC(=O)N(CCOc3ccc(Cl)cc3)C2=O)o1. The van der Waals surface area contributed by atoms with Crippen LogP contribution in [0.2, 0.25) is 5.02 Å². The highest BCUT2D eigenvalue weighted by molar-refractivity contribution is 8.18. The Hall–Kier alpha value is -2.38. The van der Waals surface area contributed by atoms with E-state index in [-0.39, 0.29) is 24.3 Å². The minimum Gasteiger partial charge on any atom is -0.492 e. The summed E-state index contributed by atoms with van der Waals surface area (Å²) in [6, 6.07) is 10.6. The molecule has 0 radical (unpaired) electrons. The molecule has 0 N–H and O–H groups in total. The average molecular weight is 421 g/mol. The molecule has 0 saturated carbocycles. The summed E-state index contributed by atoms with van der Waals surface area (Å²) in [6.45, 7) is 6.13. The molecule has 3 rings (SSSR count). The van der Waals surface area contributed by atoms with Crippen LogP contribution in [0.5, 0.6) is 5.75 Å². The molecular formula is C20H21ClN2O4S. The Labute approximate surface area is 173 Å². The molecule has 1 aromatic heterocycles. The minimum atomic E-state index is -0.338. The predicted octanol–water partition coefficient (Wildman–Crippen LogP) is 4.89. The van der Waals surface area contributed by atoms with E-state index >= 15 is 0 Å². The normalized spacial score (nSPS) is 15.5. The van der Waals surface area contributed by atoms with Gasteiger partial charge in [0.15, 0.2) is 5.88 Å². The maximum Gasteiger partial charge on any atom is 0.293 e. The monoisotopic (exact) mass is 420 g/mol. The first-order valence-corrected chi connectivity index (χ1v) is 10.2. The lowest BCUT2D eigenvalue weighted by atomic mass is 10.3. The number of hydrogen-bond acceptors (Lipinski definition) is 6. The first-order chi connectivity index (χ1) is 13.5. The Balaban J connectivity index is 1.61. The Morgan fingerprint density at radius 2 is 1.86 bits per heavy atom. The molecule has 8 heteroatoms. The Morgan fingerprint density at radius 3 is 2.54 bits per heavy atom. The van der Waals surface area contributed by atoms with Crippen LogP contribution in [0.15, 0.2) is 45.7 Å². The Morgan fingerprint density at radius 1 is 1.14 bits per heavy atom. The van der Waals surface area contributed by atoms with Crippen molar-refractivity contribution in [2.75, 3.05) is 31.1 Å². The molecule has 28 heavy (non-hydrogen) atoms. The van der Waals surface area contributed by atoms with Gasteiger partial charge in [-0.2, -0.15) is 0 Å². The molecular weight excluding hydrogens is 400 g/mol. The molecule has 1 aliphatic heterocycles. The Kier molecular flexibility index (Phi) is 6.70. The summed E-state index contributed by atoms with van der Waals surface area (Å²) in [6.07, 6.45) is 1.61. The number of furan rings is 1. The summed E-state index contributed by atoms with van der Waals surface area (Å²) in [5.41, 5.74) is 0. The molecule has 6 nitrogen and oxygen atoms in total. The second kappa shape index (κ2) is 9.21. The molecule has 0 atom stereocenters. The third-order valence-electron chi connectivity index (χ3n) is 4.23. The largest absolute Gasteiger partial charge is 0.492 e. The lowest BCUT2D eigenvalue weighted by Crippen LogP contribution is -2.32. The lowest BCUT2D eigenvalue weighted by Gasteiger charge is -2.16. The van der Waals surface area contributed by atoms with Crippen molar-refractivity contribution < 1.29 is 18.7 Å². The summed E-state index contributed by atoms with van der Waals surface area (Å²) < 4.78 is 11.3. The van der Waals surface area contributed by atoms with Gasteiger partial charge in [-0.05, 0) is 55.9 Å². The molecule has 1 saturated heterocycles. The van der Waals surface area contributed by atoms with Crippen LogP contribution >= 0.6 is 23.4 Å². The fourth-order valence-corrected chi connectivity index (χ4v) is 3.70. The van der Waals surface area contributed by atoms with Crippen LogP contribution in [0.3, 0.4) is 0 Å². The molecule has 1 fully saturated rings. The van der Waals surface area contributed by atoms with Gasteiger partial charge in [-0.25, -0.2) is 0 Å². The highest BCUT2D eigenvalue weighted by Crippen LogP contribution is 2.33. The molecule has 1 aromatic carbocycles. The van der Waals surface area contributed by atoms with Crippen molar-refractivity contribution in [1.29, 1.82) is 0 Å². The summed E-state index contributed by atoms with van der Waals surface area (Å²) >= 11 is 6.74. The van der Waals surface area contributed by atoms with E-state index in [1.54, 1.807) is 36.4 Å². The Bertz CT molecular complexity index is 875. The van der Waals surface area contributed by atoms with E-state index in [2.05, 4.69) is 4.90 Å². The van der Waals surface area contributed by atoms with Crippen molar-refractivity contribution in [2.24, 2.45) is 0 Å². The van der Waals surface area contributed by atoms with Gasteiger partial charge >= 0.3 is 0 Å². The van der Waals surface area contributed by atoms with Gasteiger partial charge < -0.3 is 14.1 Å². The van der Waals surface area contributed by atoms with Crippen molar-refractivity contribution in [3.63, 3.8) is 0 Å². The van der Waals surface area contributed by atoms with Crippen LogP contribution in [-0.4, -0.2) is 42.3 Å². The average Bonchev–Trinajstić information content (AvgIpc) is 3.24. The number of carbonyl (C=O) groups is 2. The number of benzene rings is 1. The summed E-state index contributed by atoms with van der Waals surface area (Å²) in [5.74, 6) is 1.58. The van der Waals surface area contributed by atoms with E-state index in [1.807, 2.05) is 19.9 Å². The van der Waals surface area contributed by atoms with Gasteiger partial charge in [0.25, 0.3) is 11.1 Å². The number of imide groups is 1. The second-order valence-electron chi connectivity index (χ2n) is 5.98. The number of hydrogen-bond donors (Lipinski definition) is 0. The number of amides is 2.